The molecule has 0 saturated heterocycles. The Morgan fingerprint density at radius 3 is 2.74 bits per heavy atom. The van der Waals surface area contributed by atoms with E-state index in [1.54, 1.807) is 30.6 Å². The highest BCUT2D eigenvalue weighted by molar-refractivity contribution is 7.13. The summed E-state index contributed by atoms with van der Waals surface area (Å²) in [6.45, 7) is 0.997. The van der Waals surface area contributed by atoms with Crippen molar-refractivity contribution in [2.45, 2.75) is 12.6 Å². The third-order valence-corrected chi connectivity index (χ3v) is 4.48. The number of halogens is 1. The van der Waals surface area contributed by atoms with Gasteiger partial charge in [0.15, 0.2) is 0 Å². The van der Waals surface area contributed by atoms with Gasteiger partial charge in [-0.05, 0) is 46.8 Å². The van der Waals surface area contributed by atoms with Crippen LogP contribution in [0, 0.1) is 5.82 Å². The van der Waals surface area contributed by atoms with Crippen LogP contribution in [0.25, 0.3) is 10.4 Å². The Hall–Kier alpha value is -2.08. The molecule has 2 heterocycles. The summed E-state index contributed by atoms with van der Waals surface area (Å²) in [7, 11) is 0. The van der Waals surface area contributed by atoms with E-state index in [1.807, 2.05) is 23.6 Å². The standard InChI is InChI=1S/C18H17FN2OS/c19-16-4-3-13(10-15(16)18-2-1-9-23-18)11-21-12-17(22)14-5-7-20-8-6-14/h1-10,17,21-22H,11-12H2. The number of benzene rings is 1. The number of aromatic nitrogens is 1. The summed E-state index contributed by atoms with van der Waals surface area (Å²) in [6, 6.07) is 12.5. The van der Waals surface area contributed by atoms with Crippen LogP contribution in [0.2, 0.25) is 0 Å². The third kappa shape index (κ3) is 4.01. The molecule has 2 aromatic heterocycles. The molecule has 1 aromatic carbocycles. The highest BCUT2D eigenvalue weighted by Crippen LogP contribution is 2.28. The third-order valence-electron chi connectivity index (χ3n) is 3.58. The highest BCUT2D eigenvalue weighted by atomic mass is 32.1. The van der Waals surface area contributed by atoms with Crippen LogP contribution < -0.4 is 5.32 Å². The lowest BCUT2D eigenvalue weighted by Crippen LogP contribution is -2.21. The van der Waals surface area contributed by atoms with Gasteiger partial charge in [0.05, 0.1) is 6.10 Å². The average molecular weight is 328 g/mol. The molecular weight excluding hydrogens is 311 g/mol. The maximum absolute atomic E-state index is 13.9. The van der Waals surface area contributed by atoms with E-state index in [-0.39, 0.29) is 5.82 Å². The van der Waals surface area contributed by atoms with E-state index in [2.05, 4.69) is 10.3 Å². The molecule has 23 heavy (non-hydrogen) atoms. The molecule has 3 rings (SSSR count). The zero-order valence-corrected chi connectivity index (χ0v) is 13.3. The van der Waals surface area contributed by atoms with E-state index >= 15 is 0 Å². The molecular formula is C18H17FN2OS. The van der Waals surface area contributed by atoms with E-state index in [1.165, 1.54) is 17.4 Å². The number of thiophene rings is 1. The minimum atomic E-state index is -0.588. The lowest BCUT2D eigenvalue weighted by Gasteiger charge is -2.12. The molecule has 0 aliphatic carbocycles. The number of pyridine rings is 1. The molecule has 0 saturated carbocycles. The maximum Gasteiger partial charge on any atom is 0.131 e. The van der Waals surface area contributed by atoms with Crippen LogP contribution in [-0.4, -0.2) is 16.6 Å². The molecule has 1 atom stereocenters. The van der Waals surface area contributed by atoms with Crippen LogP contribution in [0.3, 0.4) is 0 Å². The smallest absolute Gasteiger partial charge is 0.131 e. The number of aliphatic hydroxyl groups excluding tert-OH is 1. The summed E-state index contributed by atoms with van der Waals surface area (Å²) < 4.78 is 13.9. The van der Waals surface area contributed by atoms with Gasteiger partial charge in [-0.15, -0.1) is 11.3 Å². The predicted molar refractivity (Wildman–Crippen MR) is 90.6 cm³/mol. The second-order valence-corrected chi connectivity index (χ2v) is 6.17. The molecule has 3 aromatic rings. The second kappa shape index (κ2) is 7.46. The topological polar surface area (TPSA) is 45.1 Å². The van der Waals surface area contributed by atoms with E-state index in [0.29, 0.717) is 18.7 Å². The van der Waals surface area contributed by atoms with Gasteiger partial charge in [-0.25, -0.2) is 4.39 Å². The van der Waals surface area contributed by atoms with Gasteiger partial charge in [0.25, 0.3) is 0 Å². The van der Waals surface area contributed by atoms with Crippen molar-refractivity contribution in [3.05, 3.63) is 77.2 Å². The first kappa shape index (κ1) is 15.8. The summed E-state index contributed by atoms with van der Waals surface area (Å²) in [5.41, 5.74) is 2.43. The number of hydrogen-bond donors (Lipinski definition) is 2. The van der Waals surface area contributed by atoms with E-state index in [4.69, 9.17) is 0 Å². The minimum absolute atomic E-state index is 0.215. The fourth-order valence-corrected chi connectivity index (χ4v) is 3.10. The second-order valence-electron chi connectivity index (χ2n) is 5.22. The summed E-state index contributed by atoms with van der Waals surface area (Å²) in [4.78, 5) is 4.85. The van der Waals surface area contributed by atoms with Crippen LogP contribution >= 0.6 is 11.3 Å². The van der Waals surface area contributed by atoms with Crippen molar-refractivity contribution in [2.75, 3.05) is 6.54 Å². The number of aliphatic hydroxyl groups is 1. The Labute approximate surface area is 138 Å². The molecule has 0 fully saturated rings. The van der Waals surface area contributed by atoms with Crippen molar-refractivity contribution in [1.82, 2.24) is 10.3 Å². The Morgan fingerprint density at radius 1 is 1.17 bits per heavy atom. The molecule has 0 amide bonds. The molecule has 0 aliphatic rings. The van der Waals surface area contributed by atoms with Crippen LogP contribution in [0.4, 0.5) is 4.39 Å². The molecule has 0 aliphatic heterocycles. The van der Waals surface area contributed by atoms with Gasteiger partial charge in [-0.2, -0.15) is 0 Å². The molecule has 1 unspecified atom stereocenters. The van der Waals surface area contributed by atoms with Gasteiger partial charge in [0, 0.05) is 35.9 Å². The van der Waals surface area contributed by atoms with Crippen molar-refractivity contribution in [3.63, 3.8) is 0 Å². The minimum Gasteiger partial charge on any atom is -0.387 e. The fraction of sp³-hybridized carbons (Fsp3) is 0.167. The van der Waals surface area contributed by atoms with E-state index in [9.17, 15) is 9.50 Å². The molecule has 2 N–H and O–H groups in total. The van der Waals surface area contributed by atoms with Crippen LogP contribution in [-0.2, 0) is 6.54 Å². The van der Waals surface area contributed by atoms with Gasteiger partial charge in [0.2, 0.25) is 0 Å². The number of nitrogens with one attached hydrogen (secondary N) is 1. The first-order valence-electron chi connectivity index (χ1n) is 7.35. The largest absolute Gasteiger partial charge is 0.387 e. The summed E-state index contributed by atoms with van der Waals surface area (Å²) in [6.07, 6.45) is 2.73. The van der Waals surface area contributed by atoms with Crippen LogP contribution in [0.1, 0.15) is 17.2 Å². The van der Waals surface area contributed by atoms with Gasteiger partial charge in [-0.1, -0.05) is 12.1 Å². The first-order valence-corrected chi connectivity index (χ1v) is 8.23. The van der Waals surface area contributed by atoms with Gasteiger partial charge < -0.3 is 10.4 Å². The molecule has 0 radical (unpaired) electrons. The van der Waals surface area contributed by atoms with Gasteiger partial charge in [0.1, 0.15) is 5.82 Å². The molecule has 5 heteroatoms. The van der Waals surface area contributed by atoms with Crippen molar-refractivity contribution >= 4 is 11.3 Å². The van der Waals surface area contributed by atoms with Crippen molar-refractivity contribution in [2.24, 2.45) is 0 Å². The predicted octanol–water partition coefficient (Wildman–Crippen LogP) is 3.77. The van der Waals surface area contributed by atoms with Crippen LogP contribution in [0.15, 0.2) is 60.2 Å². The summed E-state index contributed by atoms with van der Waals surface area (Å²) in [5.74, 6) is -0.215. The first-order chi connectivity index (χ1) is 11.2. The SMILES string of the molecule is OC(CNCc1ccc(F)c(-c2cccs2)c1)c1ccncc1. The Bertz CT molecular complexity index is 747. The Balaban J connectivity index is 1.62. The van der Waals surface area contributed by atoms with Crippen molar-refractivity contribution in [3.8, 4) is 10.4 Å². The van der Waals surface area contributed by atoms with Crippen molar-refractivity contribution < 1.29 is 9.50 Å². The van der Waals surface area contributed by atoms with Crippen molar-refractivity contribution in [1.29, 1.82) is 0 Å². The maximum atomic E-state index is 13.9. The molecule has 0 spiro atoms. The Kier molecular flexibility index (Phi) is 5.12. The fourth-order valence-electron chi connectivity index (χ4n) is 2.36. The zero-order chi connectivity index (χ0) is 16.1. The van der Waals surface area contributed by atoms with Gasteiger partial charge >= 0.3 is 0 Å². The van der Waals surface area contributed by atoms with E-state index in [0.717, 1.165) is 16.0 Å². The summed E-state index contributed by atoms with van der Waals surface area (Å²) >= 11 is 1.52. The summed E-state index contributed by atoms with van der Waals surface area (Å²) in [5, 5.41) is 15.2. The Morgan fingerprint density at radius 2 is 2.00 bits per heavy atom. The number of hydrogen-bond acceptors (Lipinski definition) is 4. The molecule has 0 bridgehead atoms. The lowest BCUT2D eigenvalue weighted by molar-refractivity contribution is 0.174. The monoisotopic (exact) mass is 328 g/mol. The quantitative estimate of drug-likeness (QED) is 0.724. The highest BCUT2D eigenvalue weighted by Gasteiger charge is 2.09. The normalized spacial score (nSPS) is 12.3. The van der Waals surface area contributed by atoms with Crippen LogP contribution in [0.5, 0.6) is 0 Å². The number of rotatable bonds is 6. The number of nitrogens with zero attached hydrogens (tertiary/aromatic N) is 1. The molecule has 118 valence electrons. The zero-order valence-electron chi connectivity index (χ0n) is 12.4. The molecule has 3 nitrogen and oxygen atoms in total. The van der Waals surface area contributed by atoms with Gasteiger partial charge in [-0.3, -0.25) is 4.98 Å². The lowest BCUT2D eigenvalue weighted by atomic mass is 10.1. The average Bonchev–Trinajstić information content (AvgIpc) is 3.11. The van der Waals surface area contributed by atoms with E-state index < -0.39 is 6.10 Å².